The maximum absolute atomic E-state index is 12.3. The summed E-state index contributed by atoms with van der Waals surface area (Å²) in [7, 11) is 0. The molecule has 1 aliphatic carbocycles. The molecule has 1 aliphatic rings. The quantitative estimate of drug-likeness (QED) is 0.686. The van der Waals surface area contributed by atoms with E-state index in [2.05, 4.69) is 0 Å². The van der Waals surface area contributed by atoms with Crippen molar-refractivity contribution in [1.29, 1.82) is 0 Å². The van der Waals surface area contributed by atoms with Gasteiger partial charge in [-0.05, 0) is 32.6 Å². The normalized spacial score (nSPS) is 14.7. The molecule has 118 valence electrons. The van der Waals surface area contributed by atoms with Crippen molar-refractivity contribution in [1.82, 2.24) is 9.80 Å². The highest BCUT2D eigenvalue weighted by Gasteiger charge is 2.22. The molecule has 0 aliphatic heterocycles. The van der Waals surface area contributed by atoms with Gasteiger partial charge in [-0.15, -0.1) is 0 Å². The van der Waals surface area contributed by atoms with Crippen LogP contribution in [0.4, 0.5) is 0 Å². The lowest BCUT2D eigenvalue weighted by Gasteiger charge is -2.28. The minimum absolute atomic E-state index is 0.205. The highest BCUT2D eigenvalue weighted by atomic mass is 16.4. The van der Waals surface area contributed by atoms with E-state index in [4.69, 9.17) is 10.2 Å². The summed E-state index contributed by atoms with van der Waals surface area (Å²) in [5, 5.41) is 17.6. The molecule has 1 rings (SSSR count). The van der Waals surface area contributed by atoms with Crippen molar-refractivity contribution in [3.05, 3.63) is 11.8 Å². The molecule has 0 radical (unpaired) electrons. The highest BCUT2D eigenvalue weighted by molar-refractivity contribution is 5.82. The van der Waals surface area contributed by atoms with Crippen LogP contribution in [0.5, 0.6) is 0 Å². The van der Waals surface area contributed by atoms with Crippen LogP contribution in [0.2, 0.25) is 0 Å². The van der Waals surface area contributed by atoms with Crippen LogP contribution in [0.15, 0.2) is 11.8 Å². The van der Waals surface area contributed by atoms with Crippen molar-refractivity contribution in [3.8, 4) is 0 Å². The number of rotatable bonds is 8. The first-order chi connectivity index (χ1) is 9.93. The molecule has 0 saturated heterocycles. The van der Waals surface area contributed by atoms with Gasteiger partial charge in [-0.25, -0.2) is 0 Å². The Bertz CT molecular complexity index is 417. The van der Waals surface area contributed by atoms with Crippen LogP contribution in [0.25, 0.3) is 0 Å². The van der Waals surface area contributed by atoms with Crippen molar-refractivity contribution >= 4 is 17.8 Å². The molecule has 0 aromatic rings. The maximum atomic E-state index is 12.3. The number of hydrogen-bond acceptors (Lipinski definition) is 4. The first kappa shape index (κ1) is 17.2. The van der Waals surface area contributed by atoms with Crippen LogP contribution in [-0.4, -0.2) is 64.0 Å². The van der Waals surface area contributed by atoms with E-state index in [0.29, 0.717) is 6.54 Å². The van der Waals surface area contributed by atoms with Crippen molar-refractivity contribution < 1.29 is 24.6 Å². The molecule has 7 heteroatoms. The van der Waals surface area contributed by atoms with E-state index < -0.39 is 25.0 Å². The Morgan fingerprint density at radius 2 is 1.71 bits per heavy atom. The third-order valence-corrected chi connectivity index (χ3v) is 3.31. The molecular weight excluding hydrogens is 276 g/mol. The number of carboxylic acids is 2. The molecule has 0 aromatic carbocycles. The van der Waals surface area contributed by atoms with Gasteiger partial charge in [0.15, 0.2) is 0 Å². The number of allylic oxidation sites excluding steroid dienone is 2. The molecule has 0 bridgehead atoms. The fraction of sp³-hybridized carbons (Fsp3) is 0.643. The fourth-order valence-electron chi connectivity index (χ4n) is 2.43. The first-order valence-electron chi connectivity index (χ1n) is 7.09. The zero-order valence-electron chi connectivity index (χ0n) is 12.2. The van der Waals surface area contributed by atoms with E-state index in [9.17, 15) is 14.4 Å². The van der Waals surface area contributed by atoms with Gasteiger partial charge in [-0.3, -0.25) is 19.3 Å². The zero-order chi connectivity index (χ0) is 15.8. The summed E-state index contributed by atoms with van der Waals surface area (Å²) in [6, 6.07) is 0. The van der Waals surface area contributed by atoms with Crippen molar-refractivity contribution in [2.75, 3.05) is 26.2 Å². The van der Waals surface area contributed by atoms with Gasteiger partial charge in [0.2, 0.25) is 5.91 Å². The Hall–Kier alpha value is -1.89. The summed E-state index contributed by atoms with van der Waals surface area (Å²) >= 11 is 0. The second-order valence-electron chi connectivity index (χ2n) is 5.01. The summed E-state index contributed by atoms with van der Waals surface area (Å²) in [6.07, 6.45) is 5.94. The van der Waals surface area contributed by atoms with Gasteiger partial charge in [0.25, 0.3) is 0 Å². The molecule has 21 heavy (non-hydrogen) atoms. The zero-order valence-corrected chi connectivity index (χ0v) is 12.2. The van der Waals surface area contributed by atoms with Crippen molar-refractivity contribution in [2.45, 2.75) is 32.6 Å². The second kappa shape index (κ2) is 8.41. The molecule has 0 atom stereocenters. The molecule has 0 unspecified atom stereocenters. The minimum atomic E-state index is -1.15. The number of nitrogens with zero attached hydrogens (tertiary/aromatic N) is 2. The monoisotopic (exact) mass is 298 g/mol. The average molecular weight is 298 g/mol. The number of carboxylic acid groups (broad SMARTS) is 2. The van der Waals surface area contributed by atoms with Crippen LogP contribution in [0.3, 0.4) is 0 Å². The highest BCUT2D eigenvalue weighted by Crippen LogP contribution is 2.21. The third-order valence-electron chi connectivity index (χ3n) is 3.31. The SMILES string of the molecule is CCN(C(=O)CN(CC(=O)O)CC(=O)O)C1=CCCCC1. The number of hydrogen-bond donors (Lipinski definition) is 2. The van der Waals surface area contributed by atoms with Crippen molar-refractivity contribution in [3.63, 3.8) is 0 Å². The number of carbonyl (C=O) groups is 3. The first-order valence-corrected chi connectivity index (χ1v) is 7.09. The Morgan fingerprint density at radius 1 is 1.10 bits per heavy atom. The van der Waals surface area contributed by atoms with E-state index in [1.807, 2.05) is 13.0 Å². The average Bonchev–Trinajstić information content (AvgIpc) is 2.39. The van der Waals surface area contributed by atoms with Crippen LogP contribution in [0.1, 0.15) is 32.6 Å². The van der Waals surface area contributed by atoms with Gasteiger partial charge >= 0.3 is 11.9 Å². The maximum Gasteiger partial charge on any atom is 0.317 e. The van der Waals surface area contributed by atoms with Gasteiger partial charge in [-0.1, -0.05) is 6.08 Å². The van der Waals surface area contributed by atoms with Gasteiger partial charge < -0.3 is 15.1 Å². The van der Waals surface area contributed by atoms with Gasteiger partial charge in [0.1, 0.15) is 0 Å². The number of amides is 1. The lowest BCUT2D eigenvalue weighted by Crippen LogP contribution is -2.43. The Labute approximate surface area is 123 Å². The van der Waals surface area contributed by atoms with Crippen molar-refractivity contribution in [2.24, 2.45) is 0 Å². The summed E-state index contributed by atoms with van der Waals surface area (Å²) in [5.41, 5.74) is 0.958. The topological polar surface area (TPSA) is 98.2 Å². The third kappa shape index (κ3) is 5.95. The summed E-state index contributed by atoms with van der Waals surface area (Å²) in [4.78, 5) is 36.5. The summed E-state index contributed by atoms with van der Waals surface area (Å²) in [6.45, 7) is 1.22. The molecule has 1 amide bonds. The molecule has 0 fully saturated rings. The molecule has 0 spiro atoms. The standard InChI is InChI=1S/C14H22N2O5/c1-2-16(11-6-4-3-5-7-11)12(17)8-15(9-13(18)19)10-14(20)21/h6H,2-5,7-10H2,1H3,(H,18,19)(H,20,21). The van der Waals surface area contributed by atoms with E-state index >= 15 is 0 Å². The number of carbonyl (C=O) groups excluding carboxylic acids is 1. The minimum Gasteiger partial charge on any atom is -0.480 e. The predicted octanol–water partition coefficient (Wildman–Crippen LogP) is 0.764. The van der Waals surface area contributed by atoms with E-state index in [1.165, 1.54) is 0 Å². The van der Waals surface area contributed by atoms with E-state index in [1.54, 1.807) is 4.90 Å². The van der Waals surface area contributed by atoms with E-state index in [0.717, 1.165) is 36.3 Å². The Kier molecular flexibility index (Phi) is 6.87. The Morgan fingerprint density at radius 3 is 2.14 bits per heavy atom. The molecular formula is C14H22N2O5. The van der Waals surface area contributed by atoms with Gasteiger partial charge in [-0.2, -0.15) is 0 Å². The fourth-order valence-corrected chi connectivity index (χ4v) is 2.43. The molecule has 2 N–H and O–H groups in total. The van der Waals surface area contributed by atoms with Gasteiger partial charge in [0, 0.05) is 12.2 Å². The smallest absolute Gasteiger partial charge is 0.317 e. The van der Waals surface area contributed by atoms with Crippen LogP contribution in [-0.2, 0) is 14.4 Å². The van der Waals surface area contributed by atoms with Crippen LogP contribution >= 0.6 is 0 Å². The lowest BCUT2D eigenvalue weighted by molar-refractivity contribution is -0.143. The molecule has 0 aromatic heterocycles. The van der Waals surface area contributed by atoms with Crippen LogP contribution in [0, 0.1) is 0 Å². The lowest BCUT2D eigenvalue weighted by atomic mass is 10.0. The molecule has 7 nitrogen and oxygen atoms in total. The molecule has 0 heterocycles. The van der Waals surface area contributed by atoms with Gasteiger partial charge in [0.05, 0.1) is 19.6 Å². The van der Waals surface area contributed by atoms with Crippen LogP contribution < -0.4 is 0 Å². The largest absolute Gasteiger partial charge is 0.480 e. The number of aliphatic carboxylic acids is 2. The predicted molar refractivity (Wildman–Crippen MR) is 75.6 cm³/mol. The molecule has 0 saturated carbocycles. The van der Waals surface area contributed by atoms with E-state index in [-0.39, 0.29) is 12.5 Å². The Balaban J connectivity index is 2.70. The second-order valence-corrected chi connectivity index (χ2v) is 5.01. The number of likely N-dealkylation sites (N-methyl/N-ethyl adjacent to an activating group) is 1. The summed E-state index contributed by atoms with van der Waals surface area (Å²) < 4.78 is 0. The summed E-state index contributed by atoms with van der Waals surface area (Å²) in [5.74, 6) is -2.55.